The summed E-state index contributed by atoms with van der Waals surface area (Å²) in [7, 11) is 0. The number of benzene rings is 10. The summed E-state index contributed by atoms with van der Waals surface area (Å²) in [5, 5.41) is 8.54. The molecule has 0 saturated carbocycles. The van der Waals surface area contributed by atoms with Gasteiger partial charge in [-0.2, -0.15) is 4.99 Å². The van der Waals surface area contributed by atoms with E-state index in [1.54, 1.807) is 0 Å². The van der Waals surface area contributed by atoms with Crippen LogP contribution < -0.4 is 5.32 Å². The molecule has 2 aromatic heterocycles. The Kier molecular flexibility index (Phi) is 9.50. The van der Waals surface area contributed by atoms with E-state index in [1.165, 1.54) is 16.5 Å². The molecule has 5 nitrogen and oxygen atoms in total. The van der Waals surface area contributed by atoms with Gasteiger partial charge in [0.1, 0.15) is 6.17 Å². The zero-order chi connectivity index (χ0) is 45.0. The highest BCUT2D eigenvalue weighted by Gasteiger charge is 2.28. The molecule has 0 amide bonds. The van der Waals surface area contributed by atoms with Crippen molar-refractivity contribution in [1.82, 2.24) is 14.5 Å². The van der Waals surface area contributed by atoms with Crippen LogP contribution in [-0.4, -0.2) is 20.9 Å². The maximum Gasteiger partial charge on any atom is 0.212 e. The van der Waals surface area contributed by atoms with E-state index < -0.39 is 6.17 Å². The molecule has 1 unspecified atom stereocenters. The number of nitrogens with zero attached hydrogens (tertiary/aromatic N) is 4. The Balaban J connectivity index is 1.11. The quantitative estimate of drug-likeness (QED) is 0.170. The lowest BCUT2D eigenvalue weighted by Gasteiger charge is -2.26. The molecule has 0 aliphatic carbocycles. The summed E-state index contributed by atoms with van der Waals surface area (Å²) in [4.78, 5) is 11.1. The zero-order valence-electron chi connectivity index (χ0n) is 37.0. The number of aromatic nitrogens is 2. The second kappa shape index (κ2) is 16.4. The molecule has 68 heavy (non-hydrogen) atoms. The van der Waals surface area contributed by atoms with Crippen molar-refractivity contribution in [3.05, 3.63) is 260 Å². The fraction of sp³-hybridized carbons (Fsp3) is 0.0159. The Hall–Kier alpha value is -9.06. The van der Waals surface area contributed by atoms with Crippen molar-refractivity contribution < 1.29 is 0 Å². The molecule has 0 saturated heterocycles. The third-order valence-electron chi connectivity index (χ3n) is 13.4. The molecule has 1 aliphatic heterocycles. The molecule has 0 spiro atoms. The van der Waals surface area contributed by atoms with E-state index in [9.17, 15) is 0 Å². The summed E-state index contributed by atoms with van der Waals surface area (Å²) >= 11 is 0. The second-order valence-corrected chi connectivity index (χ2v) is 17.4. The van der Waals surface area contributed by atoms with Gasteiger partial charge in [-0.05, 0) is 62.7 Å². The van der Waals surface area contributed by atoms with Gasteiger partial charge in [0.25, 0.3) is 0 Å². The van der Waals surface area contributed by atoms with E-state index in [0.717, 1.165) is 88.4 Å². The van der Waals surface area contributed by atoms with Crippen LogP contribution in [-0.2, 0) is 0 Å². The van der Waals surface area contributed by atoms with E-state index in [4.69, 9.17) is 9.98 Å². The highest BCUT2D eigenvalue weighted by Crippen LogP contribution is 2.43. The van der Waals surface area contributed by atoms with Crippen LogP contribution in [0.4, 0.5) is 0 Å². The normalized spacial score (nSPS) is 13.7. The van der Waals surface area contributed by atoms with Crippen molar-refractivity contribution in [2.24, 2.45) is 9.98 Å². The third kappa shape index (κ3) is 6.63. The van der Waals surface area contributed by atoms with Gasteiger partial charge in [-0.3, -0.25) is 4.57 Å². The summed E-state index contributed by atoms with van der Waals surface area (Å²) in [5.74, 6) is 1.36. The fourth-order valence-electron chi connectivity index (χ4n) is 10.2. The van der Waals surface area contributed by atoms with Crippen molar-refractivity contribution in [2.75, 3.05) is 0 Å². The van der Waals surface area contributed by atoms with Crippen molar-refractivity contribution >= 4 is 55.4 Å². The smallest absolute Gasteiger partial charge is 0.212 e. The number of aliphatic imine (C=N–C) groups is 2. The highest BCUT2D eigenvalue weighted by molar-refractivity contribution is 6.27. The van der Waals surface area contributed by atoms with E-state index in [0.29, 0.717) is 11.8 Å². The number of fused-ring (bicyclic) bond motifs is 7. The number of amidine groups is 1. The van der Waals surface area contributed by atoms with Gasteiger partial charge in [0, 0.05) is 32.7 Å². The molecule has 320 valence electrons. The topological polar surface area (TPSA) is 46.6 Å². The molecule has 0 radical (unpaired) electrons. The maximum atomic E-state index is 5.61. The van der Waals surface area contributed by atoms with Crippen LogP contribution in [0.2, 0.25) is 0 Å². The van der Waals surface area contributed by atoms with Crippen LogP contribution in [0.3, 0.4) is 0 Å². The van der Waals surface area contributed by atoms with Crippen molar-refractivity contribution in [2.45, 2.75) is 6.17 Å². The van der Waals surface area contributed by atoms with Crippen LogP contribution in [0.25, 0.3) is 93.8 Å². The average molecular weight is 870 g/mol. The first-order valence-electron chi connectivity index (χ1n) is 23.2. The van der Waals surface area contributed by atoms with Crippen molar-refractivity contribution in [3.8, 4) is 50.2 Å². The summed E-state index contributed by atoms with van der Waals surface area (Å²) in [6.07, 6.45) is -0.445. The van der Waals surface area contributed by atoms with Crippen molar-refractivity contribution in [1.29, 1.82) is 0 Å². The SMILES string of the molecule is c1ccc(-c2ccc(C3N=C(c4ccccc4-c4ccccc4)N=C(n4c5ccccc5c5ccc6c7ccccc7n(-c7cc(-c8ccccc8)ccc7-c7ccccc7)c6c54)N3)cc2)cc1. The van der Waals surface area contributed by atoms with Crippen LogP contribution in [0.5, 0.6) is 0 Å². The Bertz CT molecular complexity index is 3900. The Morgan fingerprint density at radius 3 is 1.41 bits per heavy atom. The third-order valence-corrected chi connectivity index (χ3v) is 13.4. The van der Waals surface area contributed by atoms with Gasteiger partial charge < -0.3 is 9.88 Å². The van der Waals surface area contributed by atoms with Gasteiger partial charge in [-0.25, -0.2) is 4.99 Å². The summed E-state index contributed by atoms with van der Waals surface area (Å²) < 4.78 is 4.86. The molecule has 1 atom stereocenters. The van der Waals surface area contributed by atoms with E-state index >= 15 is 0 Å². The zero-order valence-corrected chi connectivity index (χ0v) is 37.0. The predicted octanol–water partition coefficient (Wildman–Crippen LogP) is 15.5. The standard InChI is InChI=1S/C63H43N5/c1-5-19-42(20-6-1)44-33-35-47(36-34-44)61-64-62(55-30-14-13-27-49(55)45-23-9-3-10-24-45)66-63(65-61)68-57-32-18-16-29-52(57)54-40-39-53-51-28-15-17-31-56(51)67(59(53)60(54)68)58-41-48(43-21-7-2-8-22-43)37-38-50(58)46-25-11-4-12-26-46/h1-41,61H,(H,64,65,66). The van der Waals surface area contributed by atoms with Crippen LogP contribution in [0, 0.1) is 0 Å². The molecule has 0 bridgehead atoms. The molecular formula is C63H43N5. The van der Waals surface area contributed by atoms with E-state index in [-0.39, 0.29) is 0 Å². The van der Waals surface area contributed by atoms with Crippen LogP contribution in [0.15, 0.2) is 259 Å². The molecule has 1 N–H and O–H groups in total. The van der Waals surface area contributed by atoms with Crippen LogP contribution >= 0.6 is 0 Å². The van der Waals surface area contributed by atoms with E-state index in [1.807, 2.05) is 0 Å². The molecule has 0 fully saturated rings. The Labute approximate surface area is 394 Å². The first-order chi connectivity index (χ1) is 33.7. The largest absolute Gasteiger partial charge is 0.330 e. The molecular weight excluding hydrogens is 827 g/mol. The minimum absolute atomic E-state index is 0.445. The van der Waals surface area contributed by atoms with Gasteiger partial charge in [0.15, 0.2) is 5.84 Å². The van der Waals surface area contributed by atoms with Crippen LogP contribution in [0.1, 0.15) is 17.3 Å². The molecule has 1 aliphatic rings. The number of rotatable bonds is 7. The molecule has 13 rings (SSSR count). The fourth-order valence-corrected chi connectivity index (χ4v) is 10.2. The number of nitrogens with one attached hydrogen (secondary N) is 1. The summed E-state index contributed by atoms with van der Waals surface area (Å²) in [5.41, 5.74) is 16.6. The highest BCUT2D eigenvalue weighted by atomic mass is 15.3. The summed E-state index contributed by atoms with van der Waals surface area (Å²) in [6, 6.07) is 88.9. The second-order valence-electron chi connectivity index (χ2n) is 17.4. The van der Waals surface area contributed by atoms with Gasteiger partial charge in [0.2, 0.25) is 5.96 Å². The lowest BCUT2D eigenvalue weighted by molar-refractivity contribution is 0.662. The first-order valence-corrected chi connectivity index (χ1v) is 23.2. The monoisotopic (exact) mass is 869 g/mol. The number of para-hydroxylation sites is 2. The number of hydrogen-bond acceptors (Lipinski definition) is 3. The minimum Gasteiger partial charge on any atom is -0.330 e. The maximum absolute atomic E-state index is 5.61. The average Bonchev–Trinajstić information content (AvgIpc) is 3.95. The molecule has 3 heterocycles. The lowest BCUT2D eigenvalue weighted by Crippen LogP contribution is -2.37. The van der Waals surface area contributed by atoms with Gasteiger partial charge in [-0.1, -0.05) is 231 Å². The van der Waals surface area contributed by atoms with Gasteiger partial charge in [0.05, 0.1) is 27.8 Å². The molecule has 5 heteroatoms. The Morgan fingerprint density at radius 2 is 0.794 bits per heavy atom. The lowest BCUT2D eigenvalue weighted by atomic mass is 9.98. The van der Waals surface area contributed by atoms with Gasteiger partial charge in [-0.15, -0.1) is 0 Å². The molecule has 10 aromatic carbocycles. The predicted molar refractivity (Wildman–Crippen MR) is 284 cm³/mol. The van der Waals surface area contributed by atoms with Gasteiger partial charge >= 0.3 is 0 Å². The molecule has 12 aromatic rings. The van der Waals surface area contributed by atoms with Crippen molar-refractivity contribution in [3.63, 3.8) is 0 Å². The Morgan fingerprint density at radius 1 is 0.338 bits per heavy atom. The van der Waals surface area contributed by atoms with E-state index in [2.05, 4.69) is 263 Å². The first kappa shape index (κ1) is 39.3. The number of hydrogen-bond donors (Lipinski definition) is 1. The minimum atomic E-state index is -0.445. The summed E-state index contributed by atoms with van der Waals surface area (Å²) in [6.45, 7) is 0.